The van der Waals surface area contributed by atoms with Gasteiger partial charge in [-0.25, -0.2) is 0 Å². The molecule has 1 aliphatic rings. The third-order valence-electron chi connectivity index (χ3n) is 3.55. The predicted molar refractivity (Wildman–Crippen MR) is 67.4 cm³/mol. The van der Waals surface area contributed by atoms with Crippen LogP contribution < -0.4 is 5.32 Å². The lowest BCUT2D eigenvalue weighted by atomic mass is 9.99. The number of nitrogens with one attached hydrogen (secondary N) is 1. The number of benzene rings is 1. The van der Waals surface area contributed by atoms with Gasteiger partial charge in [-0.15, -0.1) is 0 Å². The zero-order valence-corrected chi connectivity index (χ0v) is 10.1. The first kappa shape index (κ1) is 11.3. The van der Waals surface area contributed by atoms with Crippen molar-refractivity contribution in [2.24, 2.45) is 5.92 Å². The molecule has 2 N–H and O–H groups in total. The van der Waals surface area contributed by atoms with E-state index in [1.165, 1.54) is 0 Å². The SMILES string of the molecule is Cc1cc2cc(C3CC(C(=O)O)CN3)ccc2o1. The fraction of sp³-hybridized carbons (Fsp3) is 0.357. The van der Waals surface area contributed by atoms with Gasteiger partial charge in [0.05, 0.1) is 5.92 Å². The molecule has 94 valence electrons. The number of furan rings is 1. The molecule has 4 nitrogen and oxygen atoms in total. The lowest BCUT2D eigenvalue weighted by molar-refractivity contribution is -0.141. The number of fused-ring (bicyclic) bond motifs is 1. The molecule has 0 spiro atoms. The number of carboxylic acids is 1. The largest absolute Gasteiger partial charge is 0.481 e. The predicted octanol–water partition coefficient (Wildman–Crippen LogP) is 2.48. The molecule has 2 heterocycles. The fourth-order valence-electron chi connectivity index (χ4n) is 2.59. The number of aryl methyl sites for hydroxylation is 1. The van der Waals surface area contributed by atoms with E-state index >= 15 is 0 Å². The quantitative estimate of drug-likeness (QED) is 0.853. The van der Waals surface area contributed by atoms with E-state index in [9.17, 15) is 4.79 Å². The minimum atomic E-state index is -0.717. The van der Waals surface area contributed by atoms with Crippen LogP contribution in [0.2, 0.25) is 0 Å². The molecule has 1 aromatic heterocycles. The molecule has 0 saturated carbocycles. The molecular weight excluding hydrogens is 230 g/mol. The van der Waals surface area contributed by atoms with Crippen molar-refractivity contribution in [3.05, 3.63) is 35.6 Å². The van der Waals surface area contributed by atoms with Gasteiger partial charge in [-0.2, -0.15) is 0 Å². The highest BCUT2D eigenvalue weighted by Crippen LogP contribution is 2.30. The zero-order valence-electron chi connectivity index (χ0n) is 10.1. The Hall–Kier alpha value is -1.81. The van der Waals surface area contributed by atoms with Crippen LogP contribution in [-0.4, -0.2) is 17.6 Å². The summed E-state index contributed by atoms with van der Waals surface area (Å²) in [6.45, 7) is 2.47. The van der Waals surface area contributed by atoms with Crippen molar-refractivity contribution in [1.82, 2.24) is 5.32 Å². The first-order chi connectivity index (χ1) is 8.63. The number of carbonyl (C=O) groups is 1. The Kier molecular flexibility index (Phi) is 2.59. The number of hydrogen-bond donors (Lipinski definition) is 2. The zero-order chi connectivity index (χ0) is 12.7. The van der Waals surface area contributed by atoms with Crippen molar-refractivity contribution >= 4 is 16.9 Å². The third-order valence-corrected chi connectivity index (χ3v) is 3.55. The van der Waals surface area contributed by atoms with E-state index in [4.69, 9.17) is 9.52 Å². The molecule has 0 radical (unpaired) electrons. The molecule has 0 bridgehead atoms. The normalized spacial score (nSPS) is 23.6. The molecule has 2 unspecified atom stereocenters. The van der Waals surface area contributed by atoms with Gasteiger partial charge in [0, 0.05) is 18.0 Å². The molecule has 3 rings (SSSR count). The number of carboxylic acid groups (broad SMARTS) is 1. The molecular formula is C14H15NO3. The van der Waals surface area contributed by atoms with Crippen LogP contribution >= 0.6 is 0 Å². The van der Waals surface area contributed by atoms with E-state index in [1.807, 2.05) is 25.1 Å². The second kappa shape index (κ2) is 4.14. The van der Waals surface area contributed by atoms with Crippen LogP contribution in [0.4, 0.5) is 0 Å². The minimum Gasteiger partial charge on any atom is -0.481 e. The van der Waals surface area contributed by atoms with Gasteiger partial charge in [-0.05, 0) is 37.1 Å². The van der Waals surface area contributed by atoms with Crippen LogP contribution in [0, 0.1) is 12.8 Å². The molecule has 1 fully saturated rings. The Morgan fingerprint density at radius 1 is 1.44 bits per heavy atom. The van der Waals surface area contributed by atoms with Crippen molar-refractivity contribution in [2.75, 3.05) is 6.54 Å². The fourth-order valence-corrected chi connectivity index (χ4v) is 2.59. The Morgan fingerprint density at radius 2 is 2.28 bits per heavy atom. The van der Waals surface area contributed by atoms with E-state index in [2.05, 4.69) is 11.4 Å². The van der Waals surface area contributed by atoms with Gasteiger partial charge in [0.2, 0.25) is 0 Å². The van der Waals surface area contributed by atoms with Crippen LogP contribution in [0.1, 0.15) is 23.8 Å². The first-order valence-corrected chi connectivity index (χ1v) is 6.10. The molecule has 2 atom stereocenters. The van der Waals surface area contributed by atoms with Crippen LogP contribution in [0.3, 0.4) is 0 Å². The van der Waals surface area contributed by atoms with Crippen LogP contribution in [-0.2, 0) is 4.79 Å². The summed E-state index contributed by atoms with van der Waals surface area (Å²) in [6.07, 6.45) is 0.650. The van der Waals surface area contributed by atoms with Gasteiger partial charge in [-0.1, -0.05) is 6.07 Å². The lowest BCUT2D eigenvalue weighted by Crippen LogP contribution is -2.17. The van der Waals surface area contributed by atoms with Crippen molar-refractivity contribution in [1.29, 1.82) is 0 Å². The summed E-state index contributed by atoms with van der Waals surface area (Å²) in [6, 6.07) is 8.17. The summed E-state index contributed by atoms with van der Waals surface area (Å²) in [5.41, 5.74) is 2.01. The lowest BCUT2D eigenvalue weighted by Gasteiger charge is -2.10. The summed E-state index contributed by atoms with van der Waals surface area (Å²) < 4.78 is 5.53. The second-order valence-electron chi connectivity index (χ2n) is 4.89. The smallest absolute Gasteiger partial charge is 0.307 e. The summed E-state index contributed by atoms with van der Waals surface area (Å²) in [5.74, 6) is -0.105. The van der Waals surface area contributed by atoms with Gasteiger partial charge in [0.25, 0.3) is 0 Å². The van der Waals surface area contributed by atoms with Gasteiger partial charge in [0.15, 0.2) is 0 Å². The summed E-state index contributed by atoms with van der Waals surface area (Å²) in [7, 11) is 0. The number of aliphatic carboxylic acids is 1. The number of rotatable bonds is 2. The molecule has 1 aliphatic heterocycles. The standard InChI is InChI=1S/C14H15NO3/c1-8-4-10-5-9(2-3-13(10)18-8)12-6-11(7-15-12)14(16)17/h2-5,11-12,15H,6-7H2,1H3,(H,16,17). The number of hydrogen-bond acceptors (Lipinski definition) is 3. The maximum Gasteiger partial charge on any atom is 0.307 e. The summed E-state index contributed by atoms with van der Waals surface area (Å²) in [4.78, 5) is 10.9. The molecule has 2 aromatic rings. The first-order valence-electron chi connectivity index (χ1n) is 6.10. The van der Waals surface area contributed by atoms with E-state index in [0.717, 1.165) is 22.3 Å². The minimum absolute atomic E-state index is 0.130. The van der Waals surface area contributed by atoms with E-state index in [-0.39, 0.29) is 12.0 Å². The Bertz CT molecular complexity index is 602. The topological polar surface area (TPSA) is 62.5 Å². The third kappa shape index (κ3) is 1.88. The average molecular weight is 245 g/mol. The molecule has 18 heavy (non-hydrogen) atoms. The van der Waals surface area contributed by atoms with Gasteiger partial charge >= 0.3 is 5.97 Å². The second-order valence-corrected chi connectivity index (χ2v) is 4.89. The molecule has 0 aliphatic carbocycles. The van der Waals surface area contributed by atoms with Gasteiger partial charge in [-0.3, -0.25) is 4.79 Å². The highest BCUT2D eigenvalue weighted by Gasteiger charge is 2.30. The highest BCUT2D eigenvalue weighted by molar-refractivity contribution is 5.79. The average Bonchev–Trinajstić information content (AvgIpc) is 2.91. The van der Waals surface area contributed by atoms with Gasteiger partial charge < -0.3 is 14.8 Å². The van der Waals surface area contributed by atoms with Crippen molar-refractivity contribution < 1.29 is 14.3 Å². The van der Waals surface area contributed by atoms with E-state index < -0.39 is 5.97 Å². The summed E-state index contributed by atoms with van der Waals surface area (Å²) >= 11 is 0. The molecule has 1 saturated heterocycles. The Labute approximate surface area is 105 Å². The Morgan fingerprint density at radius 3 is 3.00 bits per heavy atom. The maximum absolute atomic E-state index is 10.9. The summed E-state index contributed by atoms with van der Waals surface area (Å²) in [5, 5.41) is 13.3. The van der Waals surface area contributed by atoms with Crippen LogP contribution in [0.25, 0.3) is 11.0 Å². The molecule has 1 aromatic carbocycles. The van der Waals surface area contributed by atoms with Crippen molar-refractivity contribution in [3.8, 4) is 0 Å². The van der Waals surface area contributed by atoms with E-state index in [1.54, 1.807) is 0 Å². The molecule has 0 amide bonds. The van der Waals surface area contributed by atoms with Crippen molar-refractivity contribution in [3.63, 3.8) is 0 Å². The Balaban J connectivity index is 1.88. The maximum atomic E-state index is 10.9. The van der Waals surface area contributed by atoms with E-state index in [0.29, 0.717) is 13.0 Å². The molecule has 4 heteroatoms. The monoisotopic (exact) mass is 245 g/mol. The highest BCUT2D eigenvalue weighted by atomic mass is 16.4. The van der Waals surface area contributed by atoms with Crippen LogP contribution in [0.5, 0.6) is 0 Å². The van der Waals surface area contributed by atoms with Crippen LogP contribution in [0.15, 0.2) is 28.7 Å². The van der Waals surface area contributed by atoms with Gasteiger partial charge in [0.1, 0.15) is 11.3 Å². The van der Waals surface area contributed by atoms with Crippen molar-refractivity contribution in [2.45, 2.75) is 19.4 Å².